The molecule has 0 N–H and O–H groups in total. The highest BCUT2D eigenvalue weighted by atomic mass is 16.5. The lowest BCUT2D eigenvalue weighted by Crippen LogP contribution is -2.57. The fourth-order valence-electron chi connectivity index (χ4n) is 9.48. The molecule has 34 heavy (non-hydrogen) atoms. The molecule has 0 heterocycles. The molecule has 3 heteroatoms. The molecule has 4 aliphatic carbocycles. The molecule has 4 rings (SSSR count). The lowest BCUT2D eigenvalue weighted by Gasteiger charge is -2.63. The van der Waals surface area contributed by atoms with E-state index in [-0.39, 0.29) is 22.2 Å². The molecule has 0 radical (unpaired) electrons. The Kier molecular flexibility index (Phi) is 6.52. The van der Waals surface area contributed by atoms with Gasteiger partial charge in [0.2, 0.25) is 0 Å². The van der Waals surface area contributed by atoms with Crippen molar-refractivity contribution in [3.8, 4) is 0 Å². The summed E-state index contributed by atoms with van der Waals surface area (Å²) >= 11 is 0. The van der Waals surface area contributed by atoms with E-state index in [0.29, 0.717) is 29.0 Å². The topological polar surface area (TPSA) is 43.4 Å². The smallest absolute Gasteiger partial charge is 0.307 e. The van der Waals surface area contributed by atoms with Crippen LogP contribution in [0.25, 0.3) is 0 Å². The Bertz CT molecular complexity index is 910. The molecule has 0 aromatic carbocycles. The molecule has 3 saturated carbocycles. The molecule has 7 atom stereocenters. The average molecular weight is 469 g/mol. The van der Waals surface area contributed by atoms with Crippen molar-refractivity contribution in [2.45, 2.75) is 113 Å². The normalized spacial score (nSPS) is 42.2. The summed E-state index contributed by atoms with van der Waals surface area (Å²) in [6.45, 7) is 17.9. The minimum Gasteiger partial charge on any atom is -0.432 e. The molecule has 0 bridgehead atoms. The van der Waals surface area contributed by atoms with Crippen molar-refractivity contribution in [2.75, 3.05) is 0 Å². The van der Waals surface area contributed by atoms with Crippen molar-refractivity contribution >= 4 is 11.8 Å². The molecule has 0 amide bonds. The first-order valence-electron chi connectivity index (χ1n) is 13.9. The van der Waals surface area contributed by atoms with E-state index in [9.17, 15) is 9.59 Å². The lowest BCUT2D eigenvalue weighted by atomic mass is 9.41. The first-order chi connectivity index (χ1) is 15.8. The van der Waals surface area contributed by atoms with Gasteiger partial charge in [-0.25, -0.2) is 0 Å². The fourth-order valence-corrected chi connectivity index (χ4v) is 9.48. The fraction of sp³-hybridized carbons (Fsp3) is 0.806. The summed E-state index contributed by atoms with van der Waals surface area (Å²) in [6.07, 6.45) is 14.9. The van der Waals surface area contributed by atoms with E-state index in [1.54, 1.807) is 5.57 Å². The van der Waals surface area contributed by atoms with E-state index in [0.717, 1.165) is 43.8 Å². The first kappa shape index (κ1) is 25.7. The van der Waals surface area contributed by atoms with Crippen molar-refractivity contribution < 1.29 is 14.3 Å². The number of rotatable bonds is 5. The van der Waals surface area contributed by atoms with Crippen molar-refractivity contribution in [1.29, 1.82) is 0 Å². The van der Waals surface area contributed by atoms with Crippen LogP contribution in [0.2, 0.25) is 0 Å². The Morgan fingerprint density at radius 2 is 1.82 bits per heavy atom. The van der Waals surface area contributed by atoms with Gasteiger partial charge < -0.3 is 4.74 Å². The number of hydrogen-bond acceptors (Lipinski definition) is 3. The van der Waals surface area contributed by atoms with Gasteiger partial charge in [-0.3, -0.25) is 9.59 Å². The van der Waals surface area contributed by atoms with Gasteiger partial charge in [-0.15, -0.1) is 0 Å². The van der Waals surface area contributed by atoms with Gasteiger partial charge in [0.25, 0.3) is 0 Å². The number of ketones is 1. The first-order valence-corrected chi connectivity index (χ1v) is 13.9. The van der Waals surface area contributed by atoms with Crippen molar-refractivity contribution in [2.24, 2.45) is 45.3 Å². The predicted molar refractivity (Wildman–Crippen MR) is 138 cm³/mol. The number of carbonyl (C=O) groups excluding carboxylic acids is 2. The molecule has 3 nitrogen and oxygen atoms in total. The molecule has 0 aromatic rings. The van der Waals surface area contributed by atoms with E-state index in [4.69, 9.17) is 4.74 Å². The van der Waals surface area contributed by atoms with E-state index < -0.39 is 0 Å². The Labute approximate surface area is 208 Å². The average Bonchev–Trinajstić information content (AvgIpc) is 3.02. The summed E-state index contributed by atoms with van der Waals surface area (Å²) in [7, 11) is 0. The molecule has 0 saturated heterocycles. The maximum Gasteiger partial charge on any atom is 0.307 e. The highest BCUT2D eigenvalue weighted by Gasteiger charge is 2.65. The van der Waals surface area contributed by atoms with E-state index >= 15 is 0 Å². The molecule has 190 valence electrons. The number of Topliss-reactive ketones (excluding diaryl/α,β-unsaturated/α-hetero) is 1. The van der Waals surface area contributed by atoms with Gasteiger partial charge in [0.15, 0.2) is 0 Å². The van der Waals surface area contributed by atoms with Crippen LogP contribution in [0.1, 0.15) is 113 Å². The zero-order valence-corrected chi connectivity index (χ0v) is 23.1. The Morgan fingerprint density at radius 3 is 2.50 bits per heavy atom. The van der Waals surface area contributed by atoms with Gasteiger partial charge in [0, 0.05) is 18.8 Å². The summed E-state index contributed by atoms with van der Waals surface area (Å²) < 4.78 is 5.21. The molecular formula is C31H48O3. The van der Waals surface area contributed by atoms with Gasteiger partial charge in [-0.05, 0) is 104 Å². The number of hydrogen-bond donors (Lipinski definition) is 0. The number of esters is 1. The van der Waals surface area contributed by atoms with Crippen molar-refractivity contribution in [1.82, 2.24) is 0 Å². The monoisotopic (exact) mass is 468 g/mol. The Hall–Kier alpha value is -1.38. The Morgan fingerprint density at radius 1 is 1.12 bits per heavy atom. The number of ether oxygens (including phenoxy) is 1. The van der Waals surface area contributed by atoms with E-state index in [2.05, 4.69) is 53.7 Å². The van der Waals surface area contributed by atoms with Crippen LogP contribution < -0.4 is 0 Å². The molecule has 3 fully saturated rings. The van der Waals surface area contributed by atoms with E-state index in [1.807, 2.05) is 6.92 Å². The summed E-state index contributed by atoms with van der Waals surface area (Å²) in [4.78, 5) is 24.0. The van der Waals surface area contributed by atoms with Crippen LogP contribution in [0.3, 0.4) is 0 Å². The van der Waals surface area contributed by atoms with Crippen LogP contribution in [0.15, 0.2) is 23.5 Å². The molecular weight excluding hydrogens is 420 g/mol. The second-order valence-corrected chi connectivity index (χ2v) is 13.5. The number of carbonyl (C=O) groups is 2. The van der Waals surface area contributed by atoms with Gasteiger partial charge in [0.1, 0.15) is 11.5 Å². The molecule has 0 aromatic heterocycles. The predicted octanol–water partition coefficient (Wildman–Crippen LogP) is 8.04. The van der Waals surface area contributed by atoms with E-state index in [1.165, 1.54) is 32.6 Å². The standard InChI is InChI=1S/C31H48O3/c1-20(10-9-11-21(2)34-22(3)32)23-14-18-31(8)25-12-13-26-28(4,5)27(33)16-17-29(26,6)24(25)15-19-30(23,31)7/h11-12,20,23-24,26H,9-10,13-19H2,1-8H3/t20-,23-,24-,26-,29+,30-,31-/m0/s1. The van der Waals surface area contributed by atoms with Crippen LogP contribution in [0, 0.1) is 45.3 Å². The van der Waals surface area contributed by atoms with Crippen LogP contribution in [-0.4, -0.2) is 11.8 Å². The molecule has 0 spiro atoms. The molecule has 0 unspecified atom stereocenters. The minimum absolute atomic E-state index is 0.193. The SMILES string of the molecule is CC(=O)OC(C)=CCC[C@H](C)[C@@H]1CC[C@@]2(C)C3=CC[C@H]4C(C)(C)C(=O)CC[C@]4(C)[C@H]3CC[C@@]12C. The van der Waals surface area contributed by atoms with Gasteiger partial charge in [-0.1, -0.05) is 53.2 Å². The van der Waals surface area contributed by atoms with Gasteiger partial charge in [-0.2, -0.15) is 0 Å². The molecule has 0 aliphatic heterocycles. The third-order valence-corrected chi connectivity index (χ3v) is 11.7. The summed E-state index contributed by atoms with van der Waals surface area (Å²) in [5.74, 6) is 3.48. The number of fused-ring (bicyclic) bond motifs is 5. The quantitative estimate of drug-likeness (QED) is 0.233. The van der Waals surface area contributed by atoms with Crippen LogP contribution in [0.5, 0.6) is 0 Å². The second kappa shape index (κ2) is 8.63. The highest BCUT2D eigenvalue weighted by Crippen LogP contribution is 2.73. The van der Waals surface area contributed by atoms with Crippen molar-refractivity contribution in [3.05, 3.63) is 23.5 Å². The van der Waals surface area contributed by atoms with Crippen molar-refractivity contribution in [3.63, 3.8) is 0 Å². The maximum atomic E-state index is 12.8. The summed E-state index contributed by atoms with van der Waals surface area (Å²) in [5.41, 5.74) is 2.44. The number of allylic oxidation sites excluding steroid dienone is 4. The lowest BCUT2D eigenvalue weighted by molar-refractivity contribution is -0.146. The van der Waals surface area contributed by atoms with Crippen LogP contribution in [-0.2, 0) is 14.3 Å². The Balaban J connectivity index is 1.55. The zero-order valence-electron chi connectivity index (χ0n) is 23.1. The van der Waals surface area contributed by atoms with Crippen LogP contribution >= 0.6 is 0 Å². The minimum atomic E-state index is -0.236. The zero-order chi connectivity index (χ0) is 25.1. The van der Waals surface area contributed by atoms with Crippen LogP contribution in [0.4, 0.5) is 0 Å². The largest absolute Gasteiger partial charge is 0.432 e. The second-order valence-electron chi connectivity index (χ2n) is 13.5. The maximum absolute atomic E-state index is 12.8. The third kappa shape index (κ3) is 3.75. The summed E-state index contributed by atoms with van der Waals surface area (Å²) in [5, 5.41) is 0. The van der Waals surface area contributed by atoms with Gasteiger partial charge >= 0.3 is 5.97 Å². The third-order valence-electron chi connectivity index (χ3n) is 11.7. The molecule has 4 aliphatic rings. The summed E-state index contributed by atoms with van der Waals surface area (Å²) in [6, 6.07) is 0. The van der Waals surface area contributed by atoms with Gasteiger partial charge in [0.05, 0.1) is 0 Å². The highest BCUT2D eigenvalue weighted by molar-refractivity contribution is 5.85.